The van der Waals surface area contributed by atoms with Gasteiger partial charge in [-0.2, -0.15) is 13.2 Å². The van der Waals surface area contributed by atoms with Crippen LogP contribution in [0, 0.1) is 0 Å². The summed E-state index contributed by atoms with van der Waals surface area (Å²) in [6, 6.07) is 20.1. The zero-order valence-corrected chi connectivity index (χ0v) is 15.0. The molecule has 3 aromatic rings. The molecule has 2 amide bonds. The summed E-state index contributed by atoms with van der Waals surface area (Å²) in [5.41, 5.74) is 1.26. The van der Waals surface area contributed by atoms with Crippen molar-refractivity contribution in [2.24, 2.45) is 0 Å². The second-order valence-corrected chi connectivity index (χ2v) is 6.53. The monoisotopic (exact) mass is 393 g/mol. The highest BCUT2D eigenvalue weighted by atomic mass is 19.4. The first-order chi connectivity index (χ1) is 13.8. The van der Waals surface area contributed by atoms with Gasteiger partial charge in [-0.15, -0.1) is 0 Å². The van der Waals surface area contributed by atoms with Gasteiger partial charge in [0, 0.05) is 6.08 Å². The molecule has 0 radical (unpaired) electrons. The van der Waals surface area contributed by atoms with Crippen LogP contribution in [0.1, 0.15) is 11.1 Å². The van der Waals surface area contributed by atoms with E-state index in [0.717, 1.165) is 17.0 Å². The molecule has 0 saturated heterocycles. The molecule has 29 heavy (non-hydrogen) atoms. The van der Waals surface area contributed by atoms with E-state index in [4.69, 9.17) is 0 Å². The van der Waals surface area contributed by atoms with Crippen LogP contribution in [0.25, 0.3) is 16.7 Å². The summed E-state index contributed by atoms with van der Waals surface area (Å²) in [4.78, 5) is 26.3. The molecule has 4 rings (SSSR count). The van der Waals surface area contributed by atoms with E-state index < -0.39 is 23.6 Å². The first-order valence-electron chi connectivity index (χ1n) is 8.78. The molecule has 0 fully saturated rings. The molecule has 6 heteroatoms. The fourth-order valence-electron chi connectivity index (χ4n) is 3.24. The van der Waals surface area contributed by atoms with Crippen LogP contribution in [0.15, 0.2) is 84.9 Å². The summed E-state index contributed by atoms with van der Waals surface area (Å²) < 4.78 is 39.0. The lowest BCUT2D eigenvalue weighted by molar-refractivity contribution is -0.137. The number of anilines is 1. The van der Waals surface area contributed by atoms with Crippen molar-refractivity contribution in [3.63, 3.8) is 0 Å². The second kappa shape index (κ2) is 7.05. The quantitative estimate of drug-likeness (QED) is 0.564. The number of carbonyl (C=O) groups is 2. The Morgan fingerprint density at radius 1 is 0.690 bits per heavy atom. The third kappa shape index (κ3) is 3.57. The van der Waals surface area contributed by atoms with Crippen LogP contribution in [0.2, 0.25) is 0 Å². The number of nitrogens with zero attached hydrogens (tertiary/aromatic N) is 1. The molecule has 0 bridgehead atoms. The zero-order valence-electron chi connectivity index (χ0n) is 15.0. The van der Waals surface area contributed by atoms with Gasteiger partial charge >= 0.3 is 6.18 Å². The minimum atomic E-state index is -4.46. The molecule has 3 aromatic carbocycles. The van der Waals surface area contributed by atoms with E-state index in [1.807, 2.05) is 6.07 Å². The highest BCUT2D eigenvalue weighted by Crippen LogP contribution is 2.34. The van der Waals surface area contributed by atoms with Gasteiger partial charge in [-0.3, -0.25) is 9.59 Å². The molecule has 0 unspecified atom stereocenters. The minimum absolute atomic E-state index is 0.278. The van der Waals surface area contributed by atoms with E-state index in [1.54, 1.807) is 48.5 Å². The predicted molar refractivity (Wildman–Crippen MR) is 104 cm³/mol. The molecule has 3 nitrogen and oxygen atoms in total. The number of benzene rings is 3. The first-order valence-corrected chi connectivity index (χ1v) is 8.78. The van der Waals surface area contributed by atoms with Crippen LogP contribution in [-0.2, 0) is 15.8 Å². The molecule has 0 saturated carbocycles. The SMILES string of the molecule is O=C1C=C(c2ccccc2)C(=O)N1c1cccc(-c2cccc(C(F)(F)F)c2)c1. The molecular formula is C23H14F3NO2. The van der Waals surface area contributed by atoms with E-state index in [1.165, 1.54) is 18.2 Å². The van der Waals surface area contributed by atoms with Gasteiger partial charge in [0.05, 0.1) is 16.8 Å². The Bertz CT molecular complexity index is 1130. The van der Waals surface area contributed by atoms with Crippen molar-refractivity contribution in [2.45, 2.75) is 6.18 Å². The maximum Gasteiger partial charge on any atom is 0.416 e. The summed E-state index contributed by atoms with van der Waals surface area (Å²) in [6.07, 6.45) is -3.18. The molecule has 1 heterocycles. The lowest BCUT2D eigenvalue weighted by atomic mass is 10.0. The Labute approximate surface area is 164 Å². The number of alkyl halides is 3. The normalized spacial score (nSPS) is 14.3. The molecule has 0 N–H and O–H groups in total. The molecule has 0 aliphatic carbocycles. The fraction of sp³-hybridized carbons (Fsp3) is 0.0435. The number of amides is 2. The van der Waals surface area contributed by atoms with Crippen molar-refractivity contribution < 1.29 is 22.8 Å². The zero-order chi connectivity index (χ0) is 20.6. The summed E-state index contributed by atoms with van der Waals surface area (Å²) >= 11 is 0. The largest absolute Gasteiger partial charge is 0.416 e. The minimum Gasteiger partial charge on any atom is -0.269 e. The third-order valence-electron chi connectivity index (χ3n) is 4.63. The van der Waals surface area contributed by atoms with Crippen LogP contribution in [0.5, 0.6) is 0 Å². The van der Waals surface area contributed by atoms with Crippen LogP contribution in [0.4, 0.5) is 18.9 Å². The van der Waals surface area contributed by atoms with E-state index in [0.29, 0.717) is 22.4 Å². The molecular weight excluding hydrogens is 379 g/mol. The number of hydrogen-bond acceptors (Lipinski definition) is 2. The Morgan fingerprint density at radius 2 is 1.31 bits per heavy atom. The Kier molecular flexibility index (Phi) is 4.54. The number of hydrogen-bond donors (Lipinski definition) is 0. The van der Waals surface area contributed by atoms with Crippen molar-refractivity contribution >= 4 is 23.1 Å². The number of imide groups is 1. The molecule has 0 spiro atoms. The van der Waals surface area contributed by atoms with Crippen molar-refractivity contribution in [3.05, 3.63) is 96.1 Å². The van der Waals surface area contributed by atoms with Gasteiger partial charge in [0.15, 0.2) is 0 Å². The maximum atomic E-state index is 13.0. The standard InChI is InChI=1S/C23H14F3NO2/c24-23(25,26)18-10-4-8-16(12-18)17-9-5-11-19(13-17)27-21(28)14-20(22(27)29)15-6-2-1-3-7-15/h1-14H. The first kappa shape index (κ1) is 18.7. The van der Waals surface area contributed by atoms with E-state index in [-0.39, 0.29) is 5.57 Å². The average molecular weight is 393 g/mol. The van der Waals surface area contributed by atoms with Crippen molar-refractivity contribution in [1.29, 1.82) is 0 Å². The molecule has 0 atom stereocenters. The van der Waals surface area contributed by atoms with Crippen molar-refractivity contribution in [2.75, 3.05) is 4.90 Å². The van der Waals surface area contributed by atoms with E-state index >= 15 is 0 Å². The topological polar surface area (TPSA) is 37.4 Å². The summed E-state index contributed by atoms with van der Waals surface area (Å²) in [7, 11) is 0. The Balaban J connectivity index is 1.69. The van der Waals surface area contributed by atoms with E-state index in [9.17, 15) is 22.8 Å². The molecule has 1 aliphatic rings. The Morgan fingerprint density at radius 3 is 2.00 bits per heavy atom. The lowest BCUT2D eigenvalue weighted by Gasteiger charge is -2.16. The highest BCUT2D eigenvalue weighted by molar-refractivity contribution is 6.43. The summed E-state index contributed by atoms with van der Waals surface area (Å²) in [6.45, 7) is 0. The number of carbonyl (C=O) groups excluding carboxylic acids is 2. The maximum absolute atomic E-state index is 13.0. The van der Waals surface area contributed by atoms with Crippen LogP contribution in [-0.4, -0.2) is 11.8 Å². The van der Waals surface area contributed by atoms with Gasteiger partial charge < -0.3 is 0 Å². The van der Waals surface area contributed by atoms with Gasteiger partial charge in [-0.25, -0.2) is 4.90 Å². The smallest absolute Gasteiger partial charge is 0.269 e. The number of rotatable bonds is 3. The van der Waals surface area contributed by atoms with Gasteiger partial charge in [-0.1, -0.05) is 54.6 Å². The van der Waals surface area contributed by atoms with E-state index in [2.05, 4.69) is 0 Å². The second-order valence-electron chi connectivity index (χ2n) is 6.53. The Hall–Kier alpha value is -3.67. The summed E-state index contributed by atoms with van der Waals surface area (Å²) in [5.74, 6) is -0.961. The predicted octanol–water partition coefficient (Wildman–Crippen LogP) is 5.33. The van der Waals surface area contributed by atoms with Crippen LogP contribution < -0.4 is 4.90 Å². The third-order valence-corrected chi connectivity index (χ3v) is 4.63. The summed E-state index contributed by atoms with van der Waals surface area (Å²) in [5, 5.41) is 0. The van der Waals surface area contributed by atoms with Gasteiger partial charge in [0.2, 0.25) is 0 Å². The van der Waals surface area contributed by atoms with Gasteiger partial charge in [-0.05, 0) is 41.0 Å². The fourth-order valence-corrected chi connectivity index (χ4v) is 3.24. The van der Waals surface area contributed by atoms with Crippen LogP contribution >= 0.6 is 0 Å². The molecule has 1 aliphatic heterocycles. The average Bonchev–Trinajstić information content (AvgIpc) is 3.02. The lowest BCUT2D eigenvalue weighted by Crippen LogP contribution is -2.30. The van der Waals surface area contributed by atoms with Crippen molar-refractivity contribution in [1.82, 2.24) is 0 Å². The van der Waals surface area contributed by atoms with Crippen molar-refractivity contribution in [3.8, 4) is 11.1 Å². The van der Waals surface area contributed by atoms with Gasteiger partial charge in [0.25, 0.3) is 11.8 Å². The van der Waals surface area contributed by atoms with Gasteiger partial charge in [0.1, 0.15) is 0 Å². The number of halogens is 3. The molecule has 144 valence electrons. The van der Waals surface area contributed by atoms with Crippen LogP contribution in [0.3, 0.4) is 0 Å². The molecule has 0 aromatic heterocycles. The highest BCUT2D eigenvalue weighted by Gasteiger charge is 2.33.